The van der Waals surface area contributed by atoms with Crippen LogP contribution in [0.4, 0.5) is 0 Å². The summed E-state index contributed by atoms with van der Waals surface area (Å²) >= 11 is 3.26. The molecule has 0 saturated carbocycles. The summed E-state index contributed by atoms with van der Waals surface area (Å²) in [7, 11) is 1.67. The van der Waals surface area contributed by atoms with E-state index in [1.54, 1.807) is 18.5 Å². The van der Waals surface area contributed by atoms with Crippen LogP contribution in [0.2, 0.25) is 0 Å². The van der Waals surface area contributed by atoms with Gasteiger partial charge in [0.05, 0.1) is 5.75 Å². The minimum Gasteiger partial charge on any atom is -0.264 e. The first kappa shape index (κ1) is 10.9. The van der Waals surface area contributed by atoms with Crippen LogP contribution in [-0.4, -0.2) is 19.2 Å². The van der Waals surface area contributed by atoms with Gasteiger partial charge in [0.25, 0.3) is 0 Å². The summed E-state index contributed by atoms with van der Waals surface area (Å²) in [6.45, 7) is 0. The zero-order valence-electron chi connectivity index (χ0n) is 6.57. The van der Waals surface area contributed by atoms with Gasteiger partial charge < -0.3 is 0 Å². The molecule has 6 heteroatoms. The van der Waals surface area contributed by atoms with Crippen molar-refractivity contribution in [2.45, 2.75) is 6.42 Å². The number of aromatic nitrogens is 1. The summed E-state index contributed by atoms with van der Waals surface area (Å²) < 4.78 is 22.1. The van der Waals surface area contributed by atoms with E-state index in [9.17, 15) is 8.42 Å². The Hall–Kier alpha value is -0.130. The molecule has 13 heavy (non-hydrogen) atoms. The van der Waals surface area contributed by atoms with E-state index < -0.39 is 9.05 Å². The van der Waals surface area contributed by atoms with E-state index in [2.05, 4.69) is 20.9 Å². The van der Waals surface area contributed by atoms with Crippen molar-refractivity contribution in [3.63, 3.8) is 0 Å². The van der Waals surface area contributed by atoms with Crippen molar-refractivity contribution in [2.24, 2.45) is 0 Å². The van der Waals surface area contributed by atoms with Crippen molar-refractivity contribution in [3.8, 4) is 0 Å². The van der Waals surface area contributed by atoms with Crippen LogP contribution in [0.5, 0.6) is 0 Å². The summed E-state index contributed by atoms with van der Waals surface area (Å²) in [5.41, 5.74) is 0.888. The lowest BCUT2D eigenvalue weighted by molar-refractivity contribution is 0.609. The van der Waals surface area contributed by atoms with Gasteiger partial charge in [-0.05, 0) is 34.0 Å². The summed E-state index contributed by atoms with van der Waals surface area (Å²) in [6, 6.07) is 1.76. The van der Waals surface area contributed by atoms with Crippen LogP contribution in [0.15, 0.2) is 22.9 Å². The van der Waals surface area contributed by atoms with Crippen molar-refractivity contribution >= 4 is 35.7 Å². The number of halogens is 2. The molecular formula is C7H7BrClNO2S. The number of hydrogen-bond acceptors (Lipinski definition) is 3. The molecule has 0 aromatic carbocycles. The molecule has 0 aliphatic heterocycles. The first-order valence-electron chi connectivity index (χ1n) is 3.50. The molecular weight excluding hydrogens is 278 g/mol. The average molecular weight is 285 g/mol. The SMILES string of the molecule is O=S(=O)(Cl)CCc1ccncc1Br. The monoisotopic (exact) mass is 283 g/mol. The van der Waals surface area contributed by atoms with Crippen molar-refractivity contribution in [2.75, 3.05) is 5.75 Å². The minimum atomic E-state index is -3.41. The predicted molar refractivity (Wildman–Crippen MR) is 55.3 cm³/mol. The van der Waals surface area contributed by atoms with E-state index in [0.717, 1.165) is 10.0 Å². The Balaban J connectivity index is 2.71. The summed E-state index contributed by atoms with van der Waals surface area (Å²) in [5.74, 6) is -0.0584. The number of pyridine rings is 1. The zero-order valence-corrected chi connectivity index (χ0v) is 9.73. The second kappa shape index (κ2) is 4.39. The molecule has 0 atom stereocenters. The molecule has 1 aromatic rings. The van der Waals surface area contributed by atoms with Crippen LogP contribution in [0.1, 0.15) is 5.56 Å². The maximum absolute atomic E-state index is 10.7. The highest BCUT2D eigenvalue weighted by Gasteiger charge is 2.07. The fraction of sp³-hybridized carbons (Fsp3) is 0.286. The quantitative estimate of drug-likeness (QED) is 0.797. The van der Waals surface area contributed by atoms with E-state index in [0.29, 0.717) is 6.42 Å². The second-order valence-corrected chi connectivity index (χ2v) is 6.21. The van der Waals surface area contributed by atoms with Crippen LogP contribution in [0.25, 0.3) is 0 Å². The molecule has 0 aliphatic rings. The topological polar surface area (TPSA) is 47.0 Å². The Bertz CT molecular complexity index is 393. The second-order valence-electron chi connectivity index (χ2n) is 2.46. The van der Waals surface area contributed by atoms with Gasteiger partial charge in [0.15, 0.2) is 0 Å². The Morgan fingerprint density at radius 1 is 1.54 bits per heavy atom. The van der Waals surface area contributed by atoms with Gasteiger partial charge in [0.2, 0.25) is 9.05 Å². The Morgan fingerprint density at radius 3 is 2.77 bits per heavy atom. The van der Waals surface area contributed by atoms with Crippen molar-refractivity contribution in [1.29, 1.82) is 0 Å². The normalized spacial score (nSPS) is 11.5. The first-order valence-corrected chi connectivity index (χ1v) is 6.77. The molecule has 0 fully saturated rings. The van der Waals surface area contributed by atoms with Crippen LogP contribution in [-0.2, 0) is 15.5 Å². The maximum Gasteiger partial charge on any atom is 0.232 e. The van der Waals surface area contributed by atoms with E-state index in [-0.39, 0.29) is 5.75 Å². The van der Waals surface area contributed by atoms with E-state index >= 15 is 0 Å². The number of nitrogens with zero attached hydrogens (tertiary/aromatic N) is 1. The number of hydrogen-bond donors (Lipinski definition) is 0. The molecule has 72 valence electrons. The number of rotatable bonds is 3. The Morgan fingerprint density at radius 2 is 2.23 bits per heavy atom. The highest BCUT2D eigenvalue weighted by molar-refractivity contribution is 9.10. The zero-order chi connectivity index (χ0) is 9.90. The van der Waals surface area contributed by atoms with Gasteiger partial charge in [-0.15, -0.1) is 0 Å². The Kier molecular flexibility index (Phi) is 3.70. The molecule has 0 spiro atoms. The van der Waals surface area contributed by atoms with Gasteiger partial charge in [0.1, 0.15) is 0 Å². The van der Waals surface area contributed by atoms with Crippen LogP contribution >= 0.6 is 26.6 Å². The minimum absolute atomic E-state index is 0.0584. The fourth-order valence-corrected chi connectivity index (χ4v) is 1.98. The molecule has 0 bridgehead atoms. The summed E-state index contributed by atoms with van der Waals surface area (Å²) in [4.78, 5) is 3.86. The Labute approximate surface area is 89.7 Å². The van der Waals surface area contributed by atoms with Gasteiger partial charge >= 0.3 is 0 Å². The molecule has 0 amide bonds. The molecule has 1 heterocycles. The third-order valence-corrected chi connectivity index (χ3v) is 3.34. The fourth-order valence-electron chi connectivity index (χ4n) is 0.839. The van der Waals surface area contributed by atoms with Crippen molar-refractivity contribution in [1.82, 2.24) is 4.98 Å². The molecule has 1 aromatic heterocycles. The summed E-state index contributed by atoms with van der Waals surface area (Å²) in [6.07, 6.45) is 3.63. The van der Waals surface area contributed by atoms with Gasteiger partial charge in [-0.1, -0.05) is 0 Å². The van der Waals surface area contributed by atoms with Gasteiger partial charge in [0, 0.05) is 27.5 Å². The number of aryl methyl sites for hydroxylation is 1. The molecule has 0 radical (unpaired) electrons. The summed E-state index contributed by atoms with van der Waals surface area (Å²) in [5, 5.41) is 0. The van der Waals surface area contributed by atoms with Crippen LogP contribution in [0, 0.1) is 0 Å². The predicted octanol–water partition coefficient (Wildman–Crippen LogP) is 1.96. The molecule has 0 unspecified atom stereocenters. The van der Waals surface area contributed by atoms with E-state index in [4.69, 9.17) is 10.7 Å². The van der Waals surface area contributed by atoms with E-state index in [1.807, 2.05) is 0 Å². The first-order chi connectivity index (χ1) is 5.99. The highest BCUT2D eigenvalue weighted by Crippen LogP contribution is 2.15. The van der Waals surface area contributed by atoms with Crippen molar-refractivity contribution in [3.05, 3.63) is 28.5 Å². The lowest BCUT2D eigenvalue weighted by Crippen LogP contribution is -2.01. The lowest BCUT2D eigenvalue weighted by Gasteiger charge is -2.00. The van der Waals surface area contributed by atoms with Crippen LogP contribution < -0.4 is 0 Å². The smallest absolute Gasteiger partial charge is 0.232 e. The average Bonchev–Trinajstić information content (AvgIpc) is 2.01. The van der Waals surface area contributed by atoms with Gasteiger partial charge in [-0.25, -0.2) is 8.42 Å². The highest BCUT2D eigenvalue weighted by atomic mass is 79.9. The molecule has 3 nitrogen and oxygen atoms in total. The third kappa shape index (κ3) is 4.06. The largest absolute Gasteiger partial charge is 0.264 e. The van der Waals surface area contributed by atoms with Gasteiger partial charge in [-0.3, -0.25) is 4.98 Å². The maximum atomic E-state index is 10.7. The molecule has 0 N–H and O–H groups in total. The molecule has 0 saturated heterocycles. The molecule has 0 aliphatic carbocycles. The van der Waals surface area contributed by atoms with Gasteiger partial charge in [-0.2, -0.15) is 0 Å². The standard InChI is InChI=1S/C7H7BrClNO2S/c8-7-5-10-3-1-6(7)2-4-13(9,11)12/h1,3,5H,2,4H2. The van der Waals surface area contributed by atoms with Crippen molar-refractivity contribution < 1.29 is 8.42 Å². The van der Waals surface area contributed by atoms with E-state index in [1.165, 1.54) is 0 Å². The molecule has 1 rings (SSSR count). The van der Waals surface area contributed by atoms with Crippen LogP contribution in [0.3, 0.4) is 0 Å². The third-order valence-electron chi connectivity index (χ3n) is 1.47. The lowest BCUT2D eigenvalue weighted by atomic mass is 10.2.